The van der Waals surface area contributed by atoms with Crippen molar-refractivity contribution in [3.63, 3.8) is 0 Å². The number of anilines is 1. The second-order valence-corrected chi connectivity index (χ2v) is 34.5. The zero-order chi connectivity index (χ0) is 83.1. The van der Waals surface area contributed by atoms with E-state index in [4.69, 9.17) is 30.3 Å². The molecule has 8 N–H and O–H groups in total. The number of carbonyl (C=O) groups excluding carboxylic acids is 13. The van der Waals surface area contributed by atoms with Crippen LogP contribution in [0.3, 0.4) is 0 Å². The number of nitrogens with one attached hydrogen (secondary N) is 4. The second kappa shape index (κ2) is 34.4. The molecule has 3 aliphatic heterocycles. The van der Waals surface area contributed by atoms with Crippen molar-refractivity contribution in [2.24, 2.45) is 64.4 Å². The van der Waals surface area contributed by atoms with Crippen LogP contribution in [-0.2, 0) is 74.0 Å². The van der Waals surface area contributed by atoms with Crippen molar-refractivity contribution in [1.29, 1.82) is 0 Å². The average molecular weight is 1550 g/mol. The number of benzene rings is 3. The van der Waals surface area contributed by atoms with E-state index in [0.717, 1.165) is 35.5 Å². The van der Waals surface area contributed by atoms with E-state index >= 15 is 9.59 Å². The number of hydrogen-bond acceptors (Lipinski definition) is 19. The lowest BCUT2D eigenvalue weighted by atomic mass is 9.49. The van der Waals surface area contributed by atoms with Crippen molar-refractivity contribution >= 4 is 93.5 Å². The van der Waals surface area contributed by atoms with E-state index in [1.54, 1.807) is 62.3 Å². The lowest BCUT2D eigenvalue weighted by Crippen LogP contribution is -2.59. The van der Waals surface area contributed by atoms with Crippen LogP contribution in [0, 0.1) is 72.5 Å². The van der Waals surface area contributed by atoms with Crippen LogP contribution in [0.15, 0.2) is 39.5 Å². The van der Waals surface area contributed by atoms with Crippen molar-refractivity contribution in [3.05, 3.63) is 79.5 Å². The zero-order valence-electron chi connectivity index (χ0n) is 68.8. The van der Waals surface area contributed by atoms with Crippen LogP contribution in [0.25, 0.3) is 22.6 Å². The van der Waals surface area contributed by atoms with Crippen molar-refractivity contribution < 1.29 is 76.2 Å². The summed E-state index contributed by atoms with van der Waals surface area (Å²) in [4.78, 5) is 209. The number of hydrogen-bond donors (Lipinski definition) is 6. The van der Waals surface area contributed by atoms with Gasteiger partial charge in [0.2, 0.25) is 46.8 Å². The Morgan fingerprint density at radius 1 is 0.607 bits per heavy atom. The molecule has 15 unspecified atom stereocenters. The zero-order valence-corrected chi connectivity index (χ0v) is 68.8. The molecule has 9 amide bonds. The number of aryl methyl sites for hydroxylation is 2. The average Bonchev–Trinajstić information content (AvgIpc) is 0.857. The van der Waals surface area contributed by atoms with E-state index < -0.39 is 196 Å². The summed E-state index contributed by atoms with van der Waals surface area (Å²) in [6.07, 6.45) is 4.73. The number of amides is 9. The smallest absolute Gasteiger partial charge is 0.329 e. The molecule has 610 valence electrons. The molecular formula is C84H117N11O17. The third-order valence-corrected chi connectivity index (χ3v) is 25.0. The summed E-state index contributed by atoms with van der Waals surface area (Å²) in [5.74, 6) is -14.1. The molecule has 2 aromatic carbocycles. The number of nitrogens with two attached hydrogens (primary N) is 2. The summed E-state index contributed by atoms with van der Waals surface area (Å²) >= 11 is 0. The fraction of sp³-hybridized carbons (Fsp3) is 0.631. The third kappa shape index (κ3) is 17.0. The van der Waals surface area contributed by atoms with Gasteiger partial charge in [-0.2, -0.15) is 0 Å². The number of nitrogen functional groups attached to an aromatic ring is 1. The first-order valence-corrected chi connectivity index (χ1v) is 39.7. The summed E-state index contributed by atoms with van der Waals surface area (Å²) in [5.41, 5.74) is 13.6. The number of rotatable bonds is 10. The maximum Gasteiger partial charge on any atom is 0.329 e. The van der Waals surface area contributed by atoms with Gasteiger partial charge in [0, 0.05) is 62.8 Å². The van der Waals surface area contributed by atoms with Gasteiger partial charge in [-0.05, 0) is 148 Å². The van der Waals surface area contributed by atoms with Crippen LogP contribution in [0.1, 0.15) is 216 Å². The molecule has 0 bridgehead atoms. The monoisotopic (exact) mass is 1550 g/mol. The number of esters is 2. The van der Waals surface area contributed by atoms with Gasteiger partial charge in [-0.15, -0.1) is 0 Å². The third-order valence-electron chi connectivity index (χ3n) is 25.0. The topological polar surface area (TPSA) is 397 Å². The summed E-state index contributed by atoms with van der Waals surface area (Å²) in [7, 11) is 5.66. The number of cyclic esters (lactones) is 2. The Morgan fingerprint density at radius 2 is 1.08 bits per heavy atom. The Kier molecular flexibility index (Phi) is 26.5. The molecule has 8 aliphatic rings. The Labute approximate surface area is 656 Å². The first-order chi connectivity index (χ1) is 52.4. The number of ketones is 2. The van der Waals surface area contributed by atoms with Crippen molar-refractivity contribution in [3.8, 4) is 11.5 Å². The molecule has 0 radical (unpaired) electrons. The Hall–Kier alpha value is -9.63. The molecule has 15 atom stereocenters. The lowest BCUT2D eigenvalue weighted by Gasteiger charge is -2.54. The number of Topliss-reactive ketones (excluding diaryl/α,β-unsaturated/α-hetero) is 2. The van der Waals surface area contributed by atoms with Gasteiger partial charge in [0.25, 0.3) is 11.8 Å². The number of fused-ring (bicyclic) bond motifs is 7. The van der Waals surface area contributed by atoms with Gasteiger partial charge in [-0.25, -0.2) is 14.6 Å². The molecule has 3 saturated carbocycles. The van der Waals surface area contributed by atoms with Crippen LogP contribution in [0.5, 0.6) is 0 Å². The molecule has 28 heteroatoms. The van der Waals surface area contributed by atoms with E-state index in [9.17, 15) is 57.5 Å². The number of primary amides is 1. The maximum atomic E-state index is 15.2. The predicted octanol–water partition coefficient (Wildman–Crippen LogP) is 7.02. The molecule has 28 nitrogen and oxygen atoms in total. The molecule has 2 saturated heterocycles. The number of ether oxygens (including phenoxy) is 2. The SMILES string of the molecule is CC(C)c1ccc2c(c1)CCC1C(C)(C(N)=O)CCCC21C.Cc1c2oc3c(C)ccc(C(=O)NC4C(=O)NC(C(C)C)C(=O)C5CCCC5C(=O)N(C)CC(=O)N(C)C(C(C)C)C(=O)OC4C)c3nc-2c(C(=O)NC2C(=O)NC(C(C)C)C(=O)C3CCCC3C(=O)N(C)CC(=O)N(C)C(C(C)C)C(=O)OC2C)c(N)c1=O. The van der Waals surface area contributed by atoms with E-state index in [2.05, 4.69) is 67.2 Å². The van der Waals surface area contributed by atoms with Gasteiger partial charge < -0.3 is 66.2 Å². The molecular weight excluding hydrogens is 1430 g/mol. The van der Waals surface area contributed by atoms with Gasteiger partial charge in [-0.1, -0.05) is 127 Å². The Balaban J connectivity index is 0.000000556. The molecule has 3 heterocycles. The van der Waals surface area contributed by atoms with Crippen molar-refractivity contribution in [2.45, 2.75) is 241 Å². The number of aromatic nitrogens is 1. The highest BCUT2D eigenvalue weighted by Gasteiger charge is 2.55. The summed E-state index contributed by atoms with van der Waals surface area (Å²) in [6.45, 7) is 27.2. The fourth-order valence-electron chi connectivity index (χ4n) is 18.3. The molecule has 0 spiro atoms. The Bertz CT molecular complexity index is 4410. The van der Waals surface area contributed by atoms with Crippen LogP contribution in [-0.4, -0.2) is 191 Å². The van der Waals surface area contributed by atoms with Gasteiger partial charge in [0.15, 0.2) is 22.9 Å². The van der Waals surface area contributed by atoms with E-state index in [1.807, 2.05) is 0 Å². The first kappa shape index (κ1) is 86.4. The minimum absolute atomic E-state index is 0.0668. The normalized spacial score (nSPS) is 29.1. The standard InChI is InChI=1S/C64H88N10O16.C20H29NO/c1-27(2)44-53(78)35-19-17-21-37(35)61(84)71(13)25-40(75)73(15)50(29(5)6)63(86)88-33(11)46(59(82)67-44)69-57(80)39-24-23-31(9)55-48(39)66-49-42(43(65)52(77)32(10)56(49)90-55)58(81)70-47-34(12)89-64(87)51(30(7)8)74(16)41(76)26-72(14)62(85)38-22-18-20-36(38)54(79)45(28(3)4)68-60(47)83;1-13(2)14-6-8-16-15(12-14)7-9-17-19(16,3)10-5-11-20(17,4)18(21)22/h23-24,27-30,33-38,44-47,50-51H,17-22,25-26,65H2,1-16H3,(H,67,82)(H,68,83)(H,69,80)(H,70,81);6,8,12-13,17H,5,7,9-11H2,1-4H3,(H2,21,22). The second-order valence-electron chi connectivity index (χ2n) is 34.5. The number of nitrogens with zero attached hydrogens (tertiary/aromatic N) is 5. The quantitative estimate of drug-likeness (QED) is 0.0527. The number of likely N-dealkylation sites (N-methyl/N-ethyl adjacent to an activating group) is 4. The fourth-order valence-corrected chi connectivity index (χ4v) is 18.3. The highest BCUT2D eigenvalue weighted by molar-refractivity contribution is 6.11. The number of carbonyl (C=O) groups is 13. The highest BCUT2D eigenvalue weighted by Crippen LogP contribution is 2.57. The van der Waals surface area contributed by atoms with Gasteiger partial charge in [0.1, 0.15) is 47.6 Å². The van der Waals surface area contributed by atoms with E-state index in [0.29, 0.717) is 55.9 Å². The predicted molar refractivity (Wildman–Crippen MR) is 419 cm³/mol. The van der Waals surface area contributed by atoms with Gasteiger partial charge >= 0.3 is 11.9 Å². The summed E-state index contributed by atoms with van der Waals surface area (Å²) < 4.78 is 18.3. The van der Waals surface area contributed by atoms with Crippen molar-refractivity contribution in [1.82, 2.24) is 45.9 Å². The van der Waals surface area contributed by atoms with Crippen LogP contribution in [0.2, 0.25) is 0 Å². The maximum absolute atomic E-state index is 15.2. The van der Waals surface area contributed by atoms with Gasteiger partial charge in [-0.3, -0.25) is 57.5 Å². The minimum atomic E-state index is -1.86. The molecule has 112 heavy (non-hydrogen) atoms. The van der Waals surface area contributed by atoms with Gasteiger partial charge in [0.05, 0.1) is 42.0 Å². The highest BCUT2D eigenvalue weighted by atomic mass is 16.6. The summed E-state index contributed by atoms with van der Waals surface area (Å²) in [5, 5.41) is 10.8. The van der Waals surface area contributed by atoms with E-state index in [1.165, 1.54) is 94.0 Å². The minimum Gasteiger partial charge on any atom is -0.458 e. The van der Waals surface area contributed by atoms with Crippen molar-refractivity contribution in [2.75, 3.05) is 47.0 Å². The molecule has 0 aromatic heterocycles. The Morgan fingerprint density at radius 3 is 1.54 bits per heavy atom. The molecule has 10 rings (SSSR count). The van der Waals surface area contributed by atoms with Crippen LogP contribution >= 0.6 is 0 Å². The van der Waals surface area contributed by atoms with Crippen LogP contribution < -0.4 is 38.2 Å². The molecule has 5 fully saturated rings. The van der Waals surface area contributed by atoms with E-state index in [-0.39, 0.29) is 50.4 Å². The largest absolute Gasteiger partial charge is 0.458 e. The first-order valence-electron chi connectivity index (χ1n) is 39.7. The molecule has 5 aliphatic carbocycles. The van der Waals surface area contributed by atoms with Crippen LogP contribution in [0.4, 0.5) is 5.69 Å². The summed E-state index contributed by atoms with van der Waals surface area (Å²) in [6, 6.07) is 1.31. The molecule has 2 aromatic rings. The lowest BCUT2D eigenvalue weighted by molar-refractivity contribution is -0.163.